The number of nitrogens with zero attached hydrogens (tertiary/aromatic N) is 2. The van der Waals surface area contributed by atoms with Crippen LogP contribution in [0.25, 0.3) is 10.9 Å². The lowest BCUT2D eigenvalue weighted by atomic mass is 10.2. The van der Waals surface area contributed by atoms with Gasteiger partial charge in [-0.3, -0.25) is 9.79 Å². The summed E-state index contributed by atoms with van der Waals surface area (Å²) < 4.78 is 7.43. The van der Waals surface area contributed by atoms with Crippen LogP contribution in [0.2, 0.25) is 0 Å². The molecule has 3 rings (SSSR count). The summed E-state index contributed by atoms with van der Waals surface area (Å²) in [6.45, 7) is 2.67. The van der Waals surface area contributed by atoms with E-state index in [2.05, 4.69) is 4.99 Å². The highest BCUT2D eigenvalue weighted by molar-refractivity contribution is 6.00. The second kappa shape index (κ2) is 7.00. The number of carbonyl (C=O) groups excluding carboxylic acids is 1. The molecule has 122 valence electrons. The fraction of sp³-hybridized carbons (Fsp3) is 0.158. The second-order valence-corrected chi connectivity index (χ2v) is 5.35. The van der Waals surface area contributed by atoms with Crippen LogP contribution in [0.4, 0.5) is 5.69 Å². The zero-order chi connectivity index (χ0) is 16.9. The fourth-order valence-corrected chi connectivity index (χ4v) is 2.66. The monoisotopic (exact) mass is 321 g/mol. The number of amides is 1. The Kier molecular flexibility index (Phi) is 4.61. The van der Waals surface area contributed by atoms with Crippen LogP contribution in [0.5, 0.6) is 5.75 Å². The molecule has 0 saturated carbocycles. The van der Waals surface area contributed by atoms with Crippen molar-refractivity contribution in [3.63, 3.8) is 0 Å². The van der Waals surface area contributed by atoms with Gasteiger partial charge >= 0.3 is 0 Å². The first-order valence-corrected chi connectivity index (χ1v) is 7.81. The third kappa shape index (κ3) is 3.30. The summed E-state index contributed by atoms with van der Waals surface area (Å²) in [4.78, 5) is 15.8. The maximum Gasteiger partial charge on any atom is 0.237 e. The van der Waals surface area contributed by atoms with E-state index in [4.69, 9.17) is 10.5 Å². The van der Waals surface area contributed by atoms with Crippen molar-refractivity contribution in [2.45, 2.75) is 13.5 Å². The SMILES string of the molecule is CCOc1ccccc1N=Cc1cn(CC(N)=O)c2ccccc12. The highest BCUT2D eigenvalue weighted by atomic mass is 16.5. The van der Waals surface area contributed by atoms with Crippen molar-refractivity contribution in [2.75, 3.05) is 6.61 Å². The molecular formula is C19H19N3O2. The lowest BCUT2D eigenvalue weighted by Crippen LogP contribution is -2.17. The number of rotatable bonds is 6. The largest absolute Gasteiger partial charge is 0.492 e. The molecule has 0 aliphatic heterocycles. The lowest BCUT2D eigenvalue weighted by molar-refractivity contribution is -0.118. The Morgan fingerprint density at radius 2 is 1.96 bits per heavy atom. The topological polar surface area (TPSA) is 69.6 Å². The molecule has 0 unspecified atom stereocenters. The minimum absolute atomic E-state index is 0.143. The molecule has 5 heteroatoms. The third-order valence-corrected chi connectivity index (χ3v) is 3.65. The molecule has 1 aromatic heterocycles. The molecule has 24 heavy (non-hydrogen) atoms. The number of benzene rings is 2. The number of fused-ring (bicyclic) bond motifs is 1. The molecule has 5 nitrogen and oxygen atoms in total. The molecule has 0 atom stereocenters. The van der Waals surface area contributed by atoms with E-state index in [9.17, 15) is 4.79 Å². The smallest absolute Gasteiger partial charge is 0.237 e. The first-order valence-electron chi connectivity index (χ1n) is 7.81. The van der Waals surface area contributed by atoms with E-state index in [1.54, 1.807) is 6.21 Å². The van der Waals surface area contributed by atoms with Crippen molar-refractivity contribution in [1.29, 1.82) is 0 Å². The number of primary amides is 1. The Morgan fingerprint density at radius 1 is 1.21 bits per heavy atom. The molecule has 2 aromatic carbocycles. The molecule has 0 bridgehead atoms. The van der Waals surface area contributed by atoms with Gasteiger partial charge in [-0.1, -0.05) is 30.3 Å². The van der Waals surface area contributed by atoms with Crippen molar-refractivity contribution < 1.29 is 9.53 Å². The van der Waals surface area contributed by atoms with Gasteiger partial charge in [-0.2, -0.15) is 0 Å². The molecular weight excluding hydrogens is 302 g/mol. The van der Waals surface area contributed by atoms with Crippen LogP contribution in [-0.4, -0.2) is 23.3 Å². The van der Waals surface area contributed by atoms with E-state index in [1.165, 1.54) is 0 Å². The molecule has 0 aliphatic rings. The molecule has 2 N–H and O–H groups in total. The van der Waals surface area contributed by atoms with Gasteiger partial charge in [0.15, 0.2) is 0 Å². The van der Waals surface area contributed by atoms with E-state index in [-0.39, 0.29) is 12.5 Å². The van der Waals surface area contributed by atoms with Gasteiger partial charge in [0.25, 0.3) is 0 Å². The second-order valence-electron chi connectivity index (χ2n) is 5.35. The van der Waals surface area contributed by atoms with Crippen molar-refractivity contribution in [2.24, 2.45) is 10.7 Å². The van der Waals surface area contributed by atoms with Crippen LogP contribution in [0, 0.1) is 0 Å². The molecule has 0 radical (unpaired) electrons. The van der Waals surface area contributed by atoms with Gasteiger partial charge in [-0.15, -0.1) is 0 Å². The zero-order valence-electron chi connectivity index (χ0n) is 13.5. The number of aromatic nitrogens is 1. The summed E-state index contributed by atoms with van der Waals surface area (Å²) in [5.41, 5.74) is 7.99. The average Bonchev–Trinajstić information content (AvgIpc) is 2.92. The fourth-order valence-electron chi connectivity index (χ4n) is 2.66. The number of hydrogen-bond donors (Lipinski definition) is 1. The van der Waals surface area contributed by atoms with Gasteiger partial charge < -0.3 is 15.0 Å². The number of hydrogen-bond acceptors (Lipinski definition) is 3. The Hall–Kier alpha value is -3.08. The van der Waals surface area contributed by atoms with Crippen LogP contribution in [0.3, 0.4) is 0 Å². The maximum atomic E-state index is 11.3. The summed E-state index contributed by atoms with van der Waals surface area (Å²) >= 11 is 0. The minimum atomic E-state index is -0.374. The number of nitrogens with two attached hydrogens (primary N) is 1. The van der Waals surface area contributed by atoms with Crippen molar-refractivity contribution in [3.05, 3.63) is 60.3 Å². The molecule has 1 heterocycles. The normalized spacial score (nSPS) is 11.2. The highest BCUT2D eigenvalue weighted by Gasteiger charge is 2.08. The van der Waals surface area contributed by atoms with Gasteiger partial charge in [0.2, 0.25) is 5.91 Å². The molecule has 0 spiro atoms. The maximum absolute atomic E-state index is 11.3. The Labute approximate surface area is 140 Å². The van der Waals surface area contributed by atoms with Crippen LogP contribution >= 0.6 is 0 Å². The van der Waals surface area contributed by atoms with Crippen LogP contribution in [0.15, 0.2) is 59.7 Å². The van der Waals surface area contributed by atoms with Crippen molar-refractivity contribution >= 4 is 28.7 Å². The number of aliphatic imine (C=N–C) groups is 1. The summed E-state index contributed by atoms with van der Waals surface area (Å²) in [7, 11) is 0. The van der Waals surface area contributed by atoms with E-state index >= 15 is 0 Å². The highest BCUT2D eigenvalue weighted by Crippen LogP contribution is 2.27. The van der Waals surface area contributed by atoms with Crippen LogP contribution < -0.4 is 10.5 Å². The summed E-state index contributed by atoms with van der Waals surface area (Å²) in [5.74, 6) is 0.373. The van der Waals surface area contributed by atoms with E-state index in [0.29, 0.717) is 6.61 Å². The van der Waals surface area contributed by atoms with Crippen LogP contribution in [0.1, 0.15) is 12.5 Å². The predicted octanol–water partition coefficient (Wildman–Crippen LogP) is 3.28. The Bertz CT molecular complexity index is 897. The van der Waals surface area contributed by atoms with E-state index < -0.39 is 0 Å². The predicted molar refractivity (Wildman–Crippen MR) is 96.0 cm³/mol. The standard InChI is InChI=1S/C19H19N3O2/c1-2-24-18-10-6-4-8-16(18)21-11-14-12-22(13-19(20)23)17-9-5-3-7-15(14)17/h3-12H,2,13H2,1H3,(H2,20,23). The summed E-state index contributed by atoms with van der Waals surface area (Å²) in [5, 5.41) is 1.02. The van der Waals surface area contributed by atoms with Gasteiger partial charge in [0.05, 0.1) is 6.61 Å². The van der Waals surface area contributed by atoms with Crippen molar-refractivity contribution in [1.82, 2.24) is 4.57 Å². The molecule has 3 aromatic rings. The number of ether oxygens (including phenoxy) is 1. The minimum Gasteiger partial charge on any atom is -0.492 e. The van der Waals surface area contributed by atoms with Gasteiger partial charge in [0.1, 0.15) is 18.0 Å². The third-order valence-electron chi connectivity index (χ3n) is 3.65. The number of carbonyl (C=O) groups is 1. The lowest BCUT2D eigenvalue weighted by Gasteiger charge is -2.05. The first-order chi connectivity index (χ1) is 11.7. The van der Waals surface area contributed by atoms with E-state index in [0.717, 1.165) is 27.9 Å². The van der Waals surface area contributed by atoms with E-state index in [1.807, 2.05) is 66.2 Å². The molecule has 0 saturated heterocycles. The first kappa shape index (κ1) is 15.8. The average molecular weight is 321 g/mol. The van der Waals surface area contributed by atoms with Gasteiger partial charge in [0, 0.05) is 28.9 Å². The summed E-state index contributed by atoms with van der Waals surface area (Å²) in [6.07, 6.45) is 3.68. The van der Waals surface area contributed by atoms with Gasteiger partial charge in [-0.25, -0.2) is 0 Å². The Balaban J connectivity index is 2.00. The number of para-hydroxylation sites is 3. The summed E-state index contributed by atoms with van der Waals surface area (Å²) in [6, 6.07) is 15.5. The molecule has 0 aliphatic carbocycles. The van der Waals surface area contributed by atoms with Crippen molar-refractivity contribution in [3.8, 4) is 5.75 Å². The zero-order valence-corrected chi connectivity index (χ0v) is 13.5. The Morgan fingerprint density at radius 3 is 2.75 bits per heavy atom. The van der Waals surface area contributed by atoms with Gasteiger partial charge in [-0.05, 0) is 25.1 Å². The molecule has 1 amide bonds. The molecule has 0 fully saturated rings. The van der Waals surface area contributed by atoms with Crippen LogP contribution in [-0.2, 0) is 11.3 Å². The quantitative estimate of drug-likeness (QED) is 0.708.